The fourth-order valence-electron chi connectivity index (χ4n) is 2.06. The highest BCUT2D eigenvalue weighted by atomic mass is 127. The summed E-state index contributed by atoms with van der Waals surface area (Å²) in [6, 6.07) is 8.64. The zero-order valence-corrected chi connectivity index (χ0v) is 16.8. The molecule has 0 bridgehead atoms. The molecule has 0 N–H and O–H groups in total. The van der Waals surface area contributed by atoms with Gasteiger partial charge in [-0.15, -0.1) is 0 Å². The molecule has 2 rings (SSSR count). The molecule has 2 aromatic rings. The summed E-state index contributed by atoms with van der Waals surface area (Å²) in [5, 5.41) is 0. The number of pyridine rings is 1. The molecule has 24 heavy (non-hydrogen) atoms. The number of nitrogens with zero attached hydrogens (tertiary/aromatic N) is 1. The van der Waals surface area contributed by atoms with Gasteiger partial charge in [0.05, 0.1) is 12.7 Å². The van der Waals surface area contributed by atoms with Crippen molar-refractivity contribution in [3.05, 3.63) is 61.4 Å². The molecule has 0 radical (unpaired) electrons. The average Bonchev–Trinajstić information content (AvgIpc) is 2.59. The molecule has 1 unspecified atom stereocenters. The van der Waals surface area contributed by atoms with Crippen molar-refractivity contribution in [3.8, 4) is 0 Å². The van der Waals surface area contributed by atoms with E-state index < -0.39 is 18.0 Å². The van der Waals surface area contributed by atoms with Gasteiger partial charge in [0.25, 0.3) is 0 Å². The second-order valence-corrected chi connectivity index (χ2v) is 6.97. The van der Waals surface area contributed by atoms with E-state index in [9.17, 15) is 9.59 Å². The average molecular weight is 504 g/mol. The summed E-state index contributed by atoms with van der Waals surface area (Å²) < 4.78 is 11.9. The van der Waals surface area contributed by atoms with Gasteiger partial charge in [0, 0.05) is 19.8 Å². The number of ether oxygens (including phenoxy) is 2. The summed E-state index contributed by atoms with van der Waals surface area (Å²) in [4.78, 5) is 27.9. The summed E-state index contributed by atoms with van der Waals surface area (Å²) in [5.41, 5.74) is 1.45. The molecule has 1 aromatic carbocycles. The van der Waals surface area contributed by atoms with Crippen molar-refractivity contribution in [2.24, 2.45) is 0 Å². The molecule has 1 heterocycles. The lowest BCUT2D eigenvalue weighted by Gasteiger charge is -2.17. The Labute approximate surface area is 162 Å². The molecule has 0 aliphatic carbocycles. The summed E-state index contributed by atoms with van der Waals surface area (Å²) >= 11 is 5.46. The van der Waals surface area contributed by atoms with Crippen LogP contribution in [0.1, 0.15) is 45.9 Å². The Bertz CT molecular complexity index is 749. The Morgan fingerprint density at radius 3 is 2.54 bits per heavy atom. The smallest absolute Gasteiger partial charge is 0.356 e. The molecular formula is C17H15BrINO4. The van der Waals surface area contributed by atoms with Crippen LogP contribution >= 0.6 is 38.5 Å². The fraction of sp³-hybridized carbons (Fsp3) is 0.235. The number of hydrogen-bond donors (Lipinski definition) is 0. The Kier molecular flexibility index (Phi) is 6.73. The second-order valence-electron chi connectivity index (χ2n) is 4.89. The van der Waals surface area contributed by atoms with E-state index in [4.69, 9.17) is 4.74 Å². The first-order chi connectivity index (χ1) is 11.5. The highest BCUT2D eigenvalue weighted by molar-refractivity contribution is 14.1. The first kappa shape index (κ1) is 18.9. The van der Waals surface area contributed by atoms with Crippen molar-refractivity contribution in [2.75, 3.05) is 7.11 Å². The maximum atomic E-state index is 12.4. The lowest BCUT2D eigenvalue weighted by atomic mass is 10.1. The van der Waals surface area contributed by atoms with Crippen LogP contribution in [0.25, 0.3) is 0 Å². The molecule has 0 aliphatic heterocycles. The van der Waals surface area contributed by atoms with Crippen molar-refractivity contribution in [3.63, 3.8) is 0 Å². The van der Waals surface area contributed by atoms with Crippen LogP contribution in [0.2, 0.25) is 0 Å². The van der Waals surface area contributed by atoms with E-state index in [-0.39, 0.29) is 5.69 Å². The van der Waals surface area contributed by atoms with Crippen LogP contribution in [0.3, 0.4) is 0 Å². The third-order valence-corrected chi connectivity index (χ3v) is 4.71. The fourth-order valence-corrected chi connectivity index (χ4v) is 3.58. The van der Waals surface area contributed by atoms with E-state index in [1.54, 1.807) is 24.3 Å². The van der Waals surface area contributed by atoms with E-state index in [0.717, 1.165) is 13.6 Å². The normalized spacial score (nSPS) is 11.7. The topological polar surface area (TPSA) is 65.5 Å². The van der Waals surface area contributed by atoms with E-state index in [1.165, 1.54) is 13.3 Å². The van der Waals surface area contributed by atoms with Gasteiger partial charge < -0.3 is 9.47 Å². The van der Waals surface area contributed by atoms with E-state index >= 15 is 0 Å². The van der Waals surface area contributed by atoms with Gasteiger partial charge >= 0.3 is 11.9 Å². The number of benzene rings is 1. The lowest BCUT2D eigenvalue weighted by Crippen LogP contribution is -2.13. The first-order valence-electron chi connectivity index (χ1n) is 7.16. The summed E-state index contributed by atoms with van der Waals surface area (Å²) in [5.74, 6) is -0.896. The van der Waals surface area contributed by atoms with Gasteiger partial charge in [-0.3, -0.25) is 0 Å². The molecule has 0 fully saturated rings. The van der Waals surface area contributed by atoms with Gasteiger partial charge in [0.15, 0.2) is 0 Å². The number of rotatable bonds is 5. The second kappa shape index (κ2) is 8.57. The molecular weight excluding hydrogens is 489 g/mol. The number of halogens is 2. The van der Waals surface area contributed by atoms with Crippen molar-refractivity contribution < 1.29 is 19.1 Å². The molecule has 126 valence electrons. The quantitative estimate of drug-likeness (QED) is 0.442. The highest BCUT2D eigenvalue weighted by Gasteiger charge is 2.19. The van der Waals surface area contributed by atoms with Crippen molar-refractivity contribution >= 4 is 50.5 Å². The van der Waals surface area contributed by atoms with Crippen LogP contribution < -0.4 is 0 Å². The van der Waals surface area contributed by atoms with Crippen molar-refractivity contribution in [1.82, 2.24) is 4.98 Å². The predicted molar refractivity (Wildman–Crippen MR) is 101 cm³/mol. The number of carbonyl (C=O) groups is 2. The van der Waals surface area contributed by atoms with Gasteiger partial charge in [0.2, 0.25) is 0 Å². The molecule has 0 amide bonds. The van der Waals surface area contributed by atoms with Gasteiger partial charge in [-0.2, -0.15) is 0 Å². The molecule has 1 atom stereocenters. The molecule has 0 spiro atoms. The minimum atomic E-state index is -0.504. The van der Waals surface area contributed by atoms with Gasteiger partial charge in [-0.25, -0.2) is 14.6 Å². The Balaban J connectivity index is 2.16. The molecule has 0 saturated heterocycles. The van der Waals surface area contributed by atoms with Crippen LogP contribution in [0.5, 0.6) is 0 Å². The maximum Gasteiger partial charge on any atom is 0.356 e. The predicted octanol–water partition coefficient (Wildman–Crippen LogP) is 4.54. The molecule has 5 nitrogen and oxygen atoms in total. The molecule has 7 heteroatoms. The van der Waals surface area contributed by atoms with E-state index in [0.29, 0.717) is 12.0 Å². The third kappa shape index (κ3) is 4.54. The Hall–Kier alpha value is -1.48. The van der Waals surface area contributed by atoms with Gasteiger partial charge in [-0.05, 0) is 53.3 Å². The standard InChI is InChI=1S/C17H15BrINO4/c1-3-15(10-4-7-14(20-9-10)17(22)23-2)24-16(21)12-6-5-11(18)8-13(12)19/h4-9,15H,3H2,1-2H3. The van der Waals surface area contributed by atoms with Crippen LogP contribution in [0, 0.1) is 3.57 Å². The number of hydrogen-bond acceptors (Lipinski definition) is 5. The van der Waals surface area contributed by atoms with Gasteiger partial charge in [-0.1, -0.05) is 28.9 Å². The van der Waals surface area contributed by atoms with E-state index in [1.807, 2.05) is 13.0 Å². The monoisotopic (exact) mass is 503 g/mol. The molecule has 1 aromatic heterocycles. The van der Waals surface area contributed by atoms with Crippen molar-refractivity contribution in [2.45, 2.75) is 19.4 Å². The first-order valence-corrected chi connectivity index (χ1v) is 9.03. The van der Waals surface area contributed by atoms with Gasteiger partial charge in [0.1, 0.15) is 11.8 Å². The third-order valence-electron chi connectivity index (χ3n) is 3.32. The van der Waals surface area contributed by atoms with E-state index in [2.05, 4.69) is 48.2 Å². The number of esters is 2. The molecule has 0 saturated carbocycles. The number of methoxy groups -OCH3 is 1. The summed E-state index contributed by atoms with van der Waals surface area (Å²) in [7, 11) is 1.30. The minimum absolute atomic E-state index is 0.213. The zero-order chi connectivity index (χ0) is 17.7. The zero-order valence-electron chi connectivity index (χ0n) is 13.1. The summed E-state index contributed by atoms with van der Waals surface area (Å²) in [6.07, 6.45) is 1.69. The Morgan fingerprint density at radius 1 is 1.25 bits per heavy atom. The van der Waals surface area contributed by atoms with Crippen LogP contribution in [-0.4, -0.2) is 24.0 Å². The maximum absolute atomic E-state index is 12.4. The SMILES string of the molecule is CCC(OC(=O)c1ccc(Br)cc1I)c1ccc(C(=O)OC)nc1. The Morgan fingerprint density at radius 2 is 2.00 bits per heavy atom. The van der Waals surface area contributed by atoms with Crippen LogP contribution in [0.15, 0.2) is 41.0 Å². The van der Waals surface area contributed by atoms with Crippen LogP contribution in [-0.2, 0) is 9.47 Å². The minimum Gasteiger partial charge on any atom is -0.464 e. The van der Waals surface area contributed by atoms with Crippen molar-refractivity contribution in [1.29, 1.82) is 0 Å². The number of carbonyl (C=O) groups excluding carboxylic acids is 2. The number of aromatic nitrogens is 1. The summed E-state index contributed by atoms with van der Waals surface area (Å²) in [6.45, 7) is 1.92. The molecule has 0 aliphatic rings. The van der Waals surface area contributed by atoms with Crippen LogP contribution in [0.4, 0.5) is 0 Å². The lowest BCUT2D eigenvalue weighted by molar-refractivity contribution is 0.0285. The highest BCUT2D eigenvalue weighted by Crippen LogP contribution is 2.25. The largest absolute Gasteiger partial charge is 0.464 e.